The summed E-state index contributed by atoms with van der Waals surface area (Å²) in [5.41, 5.74) is 0.514. The minimum absolute atomic E-state index is 0.189. The third kappa shape index (κ3) is 5.26. The monoisotopic (exact) mass is 430 g/mol. The summed E-state index contributed by atoms with van der Waals surface area (Å²) in [7, 11) is -1.31. The molecule has 10 heteroatoms. The molecule has 1 atom stereocenters. The number of fused-ring (bicyclic) bond motifs is 1. The second-order valence-electron chi connectivity index (χ2n) is 7.34. The Morgan fingerprint density at radius 2 is 1.87 bits per heavy atom. The molecular weight excluding hydrogens is 404 g/mol. The van der Waals surface area contributed by atoms with E-state index in [2.05, 4.69) is 25.5 Å². The molecule has 160 valence electrons. The first-order valence-corrected chi connectivity index (χ1v) is 11.5. The van der Waals surface area contributed by atoms with Gasteiger partial charge in [0.1, 0.15) is 11.1 Å². The maximum atomic E-state index is 11.4. The van der Waals surface area contributed by atoms with E-state index in [1.807, 2.05) is 63.1 Å². The second-order valence-corrected chi connectivity index (χ2v) is 9.27. The van der Waals surface area contributed by atoms with Crippen molar-refractivity contribution in [1.29, 1.82) is 0 Å². The normalized spacial score (nSPS) is 13.1. The SMILES string of the molecule is CC(/C=C/S(C)(=O)=O)Nc1n[nH]c2nc(N(C)C(C)C)nc(Oc3ccccc3)c12. The Labute approximate surface area is 176 Å². The molecule has 3 aromatic rings. The van der Waals surface area contributed by atoms with Crippen LogP contribution in [0.5, 0.6) is 11.6 Å². The van der Waals surface area contributed by atoms with Gasteiger partial charge in [0, 0.05) is 30.8 Å². The molecule has 0 bridgehead atoms. The highest BCUT2D eigenvalue weighted by atomic mass is 32.2. The zero-order valence-electron chi connectivity index (χ0n) is 17.6. The first-order chi connectivity index (χ1) is 14.1. The molecule has 30 heavy (non-hydrogen) atoms. The number of hydrogen-bond acceptors (Lipinski definition) is 8. The van der Waals surface area contributed by atoms with Gasteiger partial charge in [-0.1, -0.05) is 24.3 Å². The van der Waals surface area contributed by atoms with Crippen LogP contribution in [0.15, 0.2) is 41.8 Å². The molecule has 0 fully saturated rings. The maximum Gasteiger partial charge on any atom is 0.237 e. The summed E-state index contributed by atoms with van der Waals surface area (Å²) in [6.45, 7) is 5.91. The standard InChI is InChI=1S/C20H26N6O3S/c1-13(2)26(4)20-22-18-16(19(23-20)29-15-9-7-6-8-10-15)17(24-25-18)21-14(3)11-12-30(5,27)28/h6-14H,1-5H3,(H2,21,22,23,24,25)/b12-11+. The van der Waals surface area contributed by atoms with Crippen LogP contribution >= 0.6 is 0 Å². The minimum atomic E-state index is -3.22. The number of nitrogens with one attached hydrogen (secondary N) is 2. The summed E-state index contributed by atoms with van der Waals surface area (Å²) in [5, 5.41) is 12.1. The van der Waals surface area contributed by atoms with Gasteiger partial charge in [0.15, 0.2) is 21.3 Å². The number of benzene rings is 1. The molecular formula is C20H26N6O3S. The second kappa shape index (κ2) is 8.70. The number of rotatable bonds is 8. The summed E-state index contributed by atoms with van der Waals surface area (Å²) < 4.78 is 28.8. The minimum Gasteiger partial charge on any atom is -0.438 e. The molecule has 9 nitrogen and oxygen atoms in total. The molecule has 0 saturated carbocycles. The van der Waals surface area contributed by atoms with E-state index < -0.39 is 9.84 Å². The van der Waals surface area contributed by atoms with E-state index in [-0.39, 0.29) is 12.1 Å². The number of ether oxygens (including phenoxy) is 1. The zero-order chi connectivity index (χ0) is 21.9. The van der Waals surface area contributed by atoms with E-state index in [4.69, 9.17) is 4.74 Å². The number of sulfone groups is 1. The van der Waals surface area contributed by atoms with Crippen LogP contribution in [0.3, 0.4) is 0 Å². The maximum absolute atomic E-state index is 11.4. The van der Waals surface area contributed by atoms with Crippen molar-refractivity contribution in [2.45, 2.75) is 32.9 Å². The topological polar surface area (TPSA) is 113 Å². The fourth-order valence-corrected chi connectivity index (χ4v) is 3.10. The van der Waals surface area contributed by atoms with E-state index in [1.54, 1.807) is 6.08 Å². The molecule has 0 aliphatic rings. The summed E-state index contributed by atoms with van der Waals surface area (Å²) in [6, 6.07) is 9.22. The smallest absolute Gasteiger partial charge is 0.237 e. The summed E-state index contributed by atoms with van der Waals surface area (Å²) in [4.78, 5) is 11.1. The van der Waals surface area contributed by atoms with Gasteiger partial charge in [-0.05, 0) is 32.9 Å². The van der Waals surface area contributed by atoms with Gasteiger partial charge in [0.2, 0.25) is 11.8 Å². The van der Waals surface area contributed by atoms with Gasteiger partial charge < -0.3 is 15.0 Å². The van der Waals surface area contributed by atoms with Gasteiger partial charge >= 0.3 is 0 Å². The average Bonchev–Trinajstić information content (AvgIpc) is 3.09. The Bertz CT molecular complexity index is 1140. The molecule has 2 aromatic heterocycles. The van der Waals surface area contributed by atoms with E-state index >= 15 is 0 Å². The lowest BCUT2D eigenvalue weighted by atomic mass is 10.3. The van der Waals surface area contributed by atoms with Crippen molar-refractivity contribution in [3.8, 4) is 11.6 Å². The van der Waals surface area contributed by atoms with Crippen LogP contribution in [0.1, 0.15) is 20.8 Å². The molecule has 0 aliphatic heterocycles. The lowest BCUT2D eigenvalue weighted by Gasteiger charge is -2.21. The highest BCUT2D eigenvalue weighted by Gasteiger charge is 2.20. The Hall–Kier alpha value is -3.14. The van der Waals surface area contributed by atoms with Crippen LogP contribution in [-0.4, -0.2) is 54.0 Å². The fraction of sp³-hybridized carbons (Fsp3) is 0.350. The van der Waals surface area contributed by atoms with Crippen molar-refractivity contribution in [2.75, 3.05) is 23.5 Å². The third-order valence-electron chi connectivity index (χ3n) is 4.40. The molecule has 0 saturated heterocycles. The summed E-state index contributed by atoms with van der Waals surface area (Å²) in [5.74, 6) is 1.96. The van der Waals surface area contributed by atoms with Crippen LogP contribution in [0, 0.1) is 0 Å². The van der Waals surface area contributed by atoms with Gasteiger partial charge in [0.05, 0.1) is 0 Å². The lowest BCUT2D eigenvalue weighted by Crippen LogP contribution is -2.27. The van der Waals surface area contributed by atoms with Crippen LogP contribution in [0.4, 0.5) is 11.8 Å². The Kier molecular flexibility index (Phi) is 6.25. The van der Waals surface area contributed by atoms with Gasteiger partial charge in [-0.2, -0.15) is 15.1 Å². The van der Waals surface area contributed by atoms with Gasteiger partial charge in [-0.15, -0.1) is 0 Å². The van der Waals surface area contributed by atoms with Crippen molar-refractivity contribution in [1.82, 2.24) is 20.2 Å². The molecule has 0 spiro atoms. The predicted molar refractivity (Wildman–Crippen MR) is 119 cm³/mol. The number of aromatic amines is 1. The van der Waals surface area contributed by atoms with E-state index in [0.29, 0.717) is 34.4 Å². The molecule has 2 heterocycles. The van der Waals surface area contributed by atoms with Crippen molar-refractivity contribution >= 4 is 32.6 Å². The van der Waals surface area contributed by atoms with E-state index in [0.717, 1.165) is 11.7 Å². The number of hydrogen-bond donors (Lipinski definition) is 2. The van der Waals surface area contributed by atoms with Crippen molar-refractivity contribution in [3.05, 3.63) is 41.8 Å². The largest absolute Gasteiger partial charge is 0.438 e. The van der Waals surface area contributed by atoms with Gasteiger partial charge in [-0.3, -0.25) is 5.10 Å². The van der Waals surface area contributed by atoms with Crippen LogP contribution < -0.4 is 15.0 Å². The van der Waals surface area contributed by atoms with Crippen molar-refractivity contribution in [2.24, 2.45) is 0 Å². The fourth-order valence-electron chi connectivity index (χ4n) is 2.58. The Morgan fingerprint density at radius 1 is 1.17 bits per heavy atom. The highest BCUT2D eigenvalue weighted by molar-refractivity contribution is 7.93. The first-order valence-electron chi connectivity index (χ1n) is 9.50. The summed E-state index contributed by atoms with van der Waals surface area (Å²) in [6.07, 6.45) is 2.70. The lowest BCUT2D eigenvalue weighted by molar-refractivity contribution is 0.467. The molecule has 1 aromatic carbocycles. The Balaban J connectivity index is 2.04. The average molecular weight is 431 g/mol. The number of nitrogens with zero attached hydrogens (tertiary/aromatic N) is 4. The molecule has 0 amide bonds. The first kappa shape index (κ1) is 21.6. The number of aromatic nitrogens is 4. The molecule has 3 rings (SSSR count). The number of H-pyrrole nitrogens is 1. The van der Waals surface area contributed by atoms with E-state index in [1.165, 1.54) is 0 Å². The summed E-state index contributed by atoms with van der Waals surface area (Å²) >= 11 is 0. The molecule has 1 unspecified atom stereocenters. The molecule has 2 N–H and O–H groups in total. The number of anilines is 2. The third-order valence-corrected chi connectivity index (χ3v) is 5.05. The zero-order valence-corrected chi connectivity index (χ0v) is 18.4. The van der Waals surface area contributed by atoms with Crippen LogP contribution in [0.25, 0.3) is 11.0 Å². The molecule has 0 radical (unpaired) electrons. The Morgan fingerprint density at radius 3 is 2.50 bits per heavy atom. The van der Waals surface area contributed by atoms with Gasteiger partial charge in [-0.25, -0.2) is 8.42 Å². The number of para-hydroxylation sites is 1. The van der Waals surface area contributed by atoms with Crippen molar-refractivity contribution < 1.29 is 13.2 Å². The highest BCUT2D eigenvalue weighted by Crippen LogP contribution is 2.33. The van der Waals surface area contributed by atoms with Gasteiger partial charge in [0.25, 0.3) is 0 Å². The van der Waals surface area contributed by atoms with Crippen molar-refractivity contribution in [3.63, 3.8) is 0 Å². The van der Waals surface area contributed by atoms with E-state index in [9.17, 15) is 8.42 Å². The molecule has 0 aliphatic carbocycles. The van der Waals surface area contributed by atoms with Crippen LogP contribution in [0.2, 0.25) is 0 Å². The quantitative estimate of drug-likeness (QED) is 0.559. The van der Waals surface area contributed by atoms with Crippen LogP contribution in [-0.2, 0) is 9.84 Å². The predicted octanol–water partition coefficient (Wildman–Crippen LogP) is 3.35.